The van der Waals surface area contributed by atoms with Crippen LogP contribution in [-0.4, -0.2) is 20.3 Å². The van der Waals surface area contributed by atoms with Crippen molar-refractivity contribution >= 4 is 5.78 Å². The van der Waals surface area contributed by atoms with Gasteiger partial charge in [0.2, 0.25) is 0 Å². The summed E-state index contributed by atoms with van der Waals surface area (Å²) >= 11 is 0. The van der Waals surface area contributed by atoms with E-state index in [9.17, 15) is 4.79 Å². The van der Waals surface area contributed by atoms with Crippen molar-refractivity contribution < 1.29 is 4.79 Å². The van der Waals surface area contributed by atoms with Crippen molar-refractivity contribution in [2.24, 2.45) is 0 Å². The van der Waals surface area contributed by atoms with Crippen molar-refractivity contribution in [3.8, 4) is 5.82 Å². The maximum Gasteiger partial charge on any atom is 0.164 e. The molecule has 2 aromatic rings. The van der Waals surface area contributed by atoms with Crippen LogP contribution in [0.25, 0.3) is 5.82 Å². The minimum Gasteiger partial charge on any atom is -0.304 e. The molecule has 0 N–H and O–H groups in total. The number of hydrogen-bond donors (Lipinski definition) is 0. The fourth-order valence-electron chi connectivity index (χ4n) is 2.16. The van der Waals surface area contributed by atoms with Crippen LogP contribution in [0.3, 0.4) is 0 Å². The van der Waals surface area contributed by atoms with Gasteiger partial charge in [-0.25, -0.2) is 4.98 Å². The Bertz CT molecular complexity index is 530. The van der Waals surface area contributed by atoms with E-state index in [0.717, 1.165) is 29.9 Å². The van der Waals surface area contributed by atoms with Crippen molar-refractivity contribution in [2.75, 3.05) is 0 Å². The topological polar surface area (TPSA) is 47.8 Å². The molecule has 0 unspecified atom stereocenters. The standard InChI is InChI=1S/C12H11N3O/c16-11-3-1-2-10-9(11)4-7-15(10)12-8-13-5-6-14-12/h4-8H,1-3H2. The van der Waals surface area contributed by atoms with Crippen molar-refractivity contribution in [3.63, 3.8) is 0 Å². The Balaban J connectivity index is 2.13. The Morgan fingerprint density at radius 1 is 1.25 bits per heavy atom. The van der Waals surface area contributed by atoms with Gasteiger partial charge in [0.25, 0.3) is 0 Å². The summed E-state index contributed by atoms with van der Waals surface area (Å²) in [6.07, 6.45) is 9.44. The van der Waals surface area contributed by atoms with Gasteiger partial charge in [-0.05, 0) is 18.9 Å². The molecule has 16 heavy (non-hydrogen) atoms. The van der Waals surface area contributed by atoms with E-state index in [1.54, 1.807) is 18.6 Å². The molecule has 1 aliphatic rings. The molecular formula is C12H11N3O. The normalized spacial score (nSPS) is 14.9. The predicted molar refractivity (Wildman–Crippen MR) is 58.6 cm³/mol. The highest BCUT2D eigenvalue weighted by atomic mass is 16.1. The van der Waals surface area contributed by atoms with E-state index in [0.29, 0.717) is 6.42 Å². The summed E-state index contributed by atoms with van der Waals surface area (Å²) in [4.78, 5) is 20.0. The Kier molecular flexibility index (Phi) is 2.06. The van der Waals surface area contributed by atoms with Crippen LogP contribution in [0.4, 0.5) is 0 Å². The van der Waals surface area contributed by atoms with Gasteiger partial charge in [-0.2, -0.15) is 0 Å². The average Bonchev–Trinajstić information content (AvgIpc) is 2.75. The minimum atomic E-state index is 0.240. The van der Waals surface area contributed by atoms with Crippen molar-refractivity contribution in [2.45, 2.75) is 19.3 Å². The van der Waals surface area contributed by atoms with Gasteiger partial charge in [0.1, 0.15) is 0 Å². The van der Waals surface area contributed by atoms with Crippen LogP contribution in [0.15, 0.2) is 30.9 Å². The van der Waals surface area contributed by atoms with Gasteiger partial charge in [0.05, 0.1) is 6.20 Å². The summed E-state index contributed by atoms with van der Waals surface area (Å²) in [7, 11) is 0. The summed E-state index contributed by atoms with van der Waals surface area (Å²) < 4.78 is 1.96. The van der Waals surface area contributed by atoms with Gasteiger partial charge < -0.3 is 4.57 Å². The molecule has 0 atom stereocenters. The first kappa shape index (κ1) is 9.27. The van der Waals surface area contributed by atoms with Gasteiger partial charge in [-0.3, -0.25) is 9.78 Å². The molecule has 0 spiro atoms. The molecule has 4 nitrogen and oxygen atoms in total. The summed E-state index contributed by atoms with van der Waals surface area (Å²) in [5.41, 5.74) is 1.91. The number of ketones is 1. The fraction of sp³-hybridized carbons (Fsp3) is 0.250. The molecule has 0 bridgehead atoms. The number of Topliss-reactive ketones (excluding diaryl/α,β-unsaturated/α-hetero) is 1. The number of nitrogens with zero attached hydrogens (tertiary/aromatic N) is 3. The second-order valence-electron chi connectivity index (χ2n) is 3.89. The smallest absolute Gasteiger partial charge is 0.164 e. The van der Waals surface area contributed by atoms with E-state index in [4.69, 9.17) is 0 Å². The molecule has 4 heteroatoms. The average molecular weight is 213 g/mol. The first-order valence-electron chi connectivity index (χ1n) is 5.36. The van der Waals surface area contributed by atoms with Crippen LogP contribution in [0.2, 0.25) is 0 Å². The van der Waals surface area contributed by atoms with Gasteiger partial charge in [0, 0.05) is 36.3 Å². The monoisotopic (exact) mass is 213 g/mol. The number of hydrogen-bond acceptors (Lipinski definition) is 3. The Hall–Kier alpha value is -1.97. The van der Waals surface area contributed by atoms with Crippen LogP contribution in [0.1, 0.15) is 28.9 Å². The lowest BCUT2D eigenvalue weighted by atomic mass is 9.97. The zero-order valence-electron chi connectivity index (χ0n) is 8.76. The molecule has 2 aromatic heterocycles. The van der Waals surface area contributed by atoms with Gasteiger partial charge in [0.15, 0.2) is 11.6 Å². The van der Waals surface area contributed by atoms with E-state index in [2.05, 4.69) is 9.97 Å². The quantitative estimate of drug-likeness (QED) is 0.725. The number of fused-ring (bicyclic) bond motifs is 1. The van der Waals surface area contributed by atoms with E-state index in [-0.39, 0.29) is 5.78 Å². The van der Waals surface area contributed by atoms with Gasteiger partial charge >= 0.3 is 0 Å². The summed E-state index contributed by atoms with van der Waals surface area (Å²) in [5, 5.41) is 0. The SMILES string of the molecule is O=C1CCCc2c1ccn2-c1cnccn1. The molecule has 0 fully saturated rings. The number of aromatic nitrogens is 3. The second-order valence-corrected chi connectivity index (χ2v) is 3.89. The van der Waals surface area contributed by atoms with Crippen LogP contribution >= 0.6 is 0 Å². The van der Waals surface area contributed by atoms with Crippen LogP contribution < -0.4 is 0 Å². The van der Waals surface area contributed by atoms with E-state index < -0.39 is 0 Å². The molecule has 0 saturated carbocycles. The minimum absolute atomic E-state index is 0.240. The molecule has 0 aromatic carbocycles. The molecule has 2 heterocycles. The first-order valence-corrected chi connectivity index (χ1v) is 5.36. The second kappa shape index (κ2) is 3.56. The third-order valence-electron chi connectivity index (χ3n) is 2.91. The van der Waals surface area contributed by atoms with Crippen molar-refractivity contribution in [1.82, 2.24) is 14.5 Å². The lowest BCUT2D eigenvalue weighted by molar-refractivity contribution is 0.0972. The molecule has 0 amide bonds. The maximum absolute atomic E-state index is 11.7. The van der Waals surface area contributed by atoms with Crippen LogP contribution in [0, 0.1) is 0 Å². The third kappa shape index (κ3) is 1.34. The third-order valence-corrected chi connectivity index (χ3v) is 2.91. The first-order chi connectivity index (χ1) is 7.86. The predicted octanol–water partition coefficient (Wildman–Crippen LogP) is 1.79. The zero-order chi connectivity index (χ0) is 11.0. The van der Waals surface area contributed by atoms with Crippen molar-refractivity contribution in [3.05, 3.63) is 42.1 Å². The van der Waals surface area contributed by atoms with Gasteiger partial charge in [-0.15, -0.1) is 0 Å². The van der Waals surface area contributed by atoms with E-state index in [1.807, 2.05) is 16.8 Å². The van der Waals surface area contributed by atoms with E-state index in [1.165, 1.54) is 0 Å². The maximum atomic E-state index is 11.7. The number of rotatable bonds is 1. The molecule has 3 rings (SSSR count). The zero-order valence-corrected chi connectivity index (χ0v) is 8.76. The molecule has 0 saturated heterocycles. The van der Waals surface area contributed by atoms with E-state index >= 15 is 0 Å². The Morgan fingerprint density at radius 2 is 2.19 bits per heavy atom. The molecule has 1 aliphatic carbocycles. The van der Waals surface area contributed by atoms with Crippen LogP contribution in [0.5, 0.6) is 0 Å². The molecular weight excluding hydrogens is 202 g/mol. The summed E-state index contributed by atoms with van der Waals surface area (Å²) in [6, 6.07) is 1.88. The highest BCUT2D eigenvalue weighted by molar-refractivity contribution is 5.98. The largest absolute Gasteiger partial charge is 0.304 e. The summed E-state index contributed by atoms with van der Waals surface area (Å²) in [5.74, 6) is 1.02. The Labute approximate surface area is 93.0 Å². The number of carbonyl (C=O) groups excluding carboxylic acids is 1. The fourth-order valence-corrected chi connectivity index (χ4v) is 2.16. The van der Waals surface area contributed by atoms with Crippen LogP contribution in [-0.2, 0) is 6.42 Å². The highest BCUT2D eigenvalue weighted by Gasteiger charge is 2.21. The number of carbonyl (C=O) groups is 1. The molecule has 0 aliphatic heterocycles. The van der Waals surface area contributed by atoms with Crippen molar-refractivity contribution in [1.29, 1.82) is 0 Å². The van der Waals surface area contributed by atoms with Gasteiger partial charge in [-0.1, -0.05) is 0 Å². The highest BCUT2D eigenvalue weighted by Crippen LogP contribution is 2.24. The lowest BCUT2D eigenvalue weighted by Crippen LogP contribution is -2.12. The summed E-state index contributed by atoms with van der Waals surface area (Å²) in [6.45, 7) is 0. The molecule has 80 valence electrons. The molecule has 0 radical (unpaired) electrons. The lowest BCUT2D eigenvalue weighted by Gasteiger charge is -2.13. The Morgan fingerprint density at radius 3 is 3.00 bits per heavy atom.